The standard InChI is InChI=1S/C16H19N3O2/c1-10-15(11(2)21-18-10)9-19(3)16(20)12-4-5-13-7-17-8-14(13)6-12/h4-6,17H,7-9H2,1-3H3. The topological polar surface area (TPSA) is 58.4 Å². The molecule has 0 fully saturated rings. The van der Waals surface area contributed by atoms with Gasteiger partial charge in [0.25, 0.3) is 5.91 Å². The van der Waals surface area contributed by atoms with Crippen LogP contribution in [0.5, 0.6) is 0 Å². The number of carbonyl (C=O) groups excluding carboxylic acids is 1. The lowest BCUT2D eigenvalue weighted by Gasteiger charge is -2.17. The van der Waals surface area contributed by atoms with Gasteiger partial charge in [-0.15, -0.1) is 0 Å². The van der Waals surface area contributed by atoms with Crippen molar-refractivity contribution >= 4 is 5.91 Å². The Morgan fingerprint density at radius 2 is 2.10 bits per heavy atom. The monoisotopic (exact) mass is 285 g/mol. The summed E-state index contributed by atoms with van der Waals surface area (Å²) >= 11 is 0. The van der Waals surface area contributed by atoms with Crippen LogP contribution in [-0.4, -0.2) is 23.0 Å². The van der Waals surface area contributed by atoms with Crippen LogP contribution in [-0.2, 0) is 19.6 Å². The van der Waals surface area contributed by atoms with Gasteiger partial charge < -0.3 is 14.7 Å². The molecule has 1 aliphatic heterocycles. The molecule has 1 amide bonds. The largest absolute Gasteiger partial charge is 0.361 e. The van der Waals surface area contributed by atoms with E-state index in [1.807, 2.05) is 32.0 Å². The molecule has 0 spiro atoms. The van der Waals surface area contributed by atoms with Gasteiger partial charge in [-0.1, -0.05) is 11.2 Å². The fourth-order valence-corrected chi connectivity index (χ4v) is 2.68. The zero-order valence-electron chi connectivity index (χ0n) is 12.6. The second kappa shape index (κ2) is 5.33. The van der Waals surface area contributed by atoms with Crippen LogP contribution in [0.15, 0.2) is 22.7 Å². The van der Waals surface area contributed by atoms with E-state index in [1.165, 1.54) is 11.1 Å². The number of rotatable bonds is 3. The summed E-state index contributed by atoms with van der Waals surface area (Å²) in [6, 6.07) is 5.92. The summed E-state index contributed by atoms with van der Waals surface area (Å²) in [5.74, 6) is 0.787. The van der Waals surface area contributed by atoms with E-state index >= 15 is 0 Å². The number of fused-ring (bicyclic) bond motifs is 1. The Morgan fingerprint density at radius 3 is 2.81 bits per heavy atom. The Kier molecular flexibility index (Phi) is 3.51. The van der Waals surface area contributed by atoms with Crippen molar-refractivity contribution in [2.75, 3.05) is 7.05 Å². The van der Waals surface area contributed by atoms with Crippen LogP contribution in [0.1, 0.15) is 38.5 Å². The third-order valence-corrected chi connectivity index (χ3v) is 4.01. The summed E-state index contributed by atoms with van der Waals surface area (Å²) in [5.41, 5.74) is 5.04. The normalized spacial score (nSPS) is 13.3. The number of aromatic nitrogens is 1. The summed E-state index contributed by atoms with van der Waals surface area (Å²) in [6.07, 6.45) is 0. The van der Waals surface area contributed by atoms with E-state index in [4.69, 9.17) is 4.52 Å². The quantitative estimate of drug-likeness (QED) is 0.939. The number of benzene rings is 1. The summed E-state index contributed by atoms with van der Waals surface area (Å²) in [7, 11) is 1.81. The van der Waals surface area contributed by atoms with E-state index in [2.05, 4.69) is 10.5 Å². The highest BCUT2D eigenvalue weighted by Gasteiger charge is 2.18. The molecule has 5 nitrogen and oxygen atoms in total. The molecule has 0 saturated carbocycles. The van der Waals surface area contributed by atoms with Crippen molar-refractivity contribution in [2.45, 2.75) is 33.5 Å². The Morgan fingerprint density at radius 1 is 1.33 bits per heavy atom. The first-order chi connectivity index (χ1) is 10.1. The molecule has 0 atom stereocenters. The van der Waals surface area contributed by atoms with Gasteiger partial charge in [-0.25, -0.2) is 0 Å². The molecular formula is C16H19N3O2. The predicted molar refractivity (Wildman–Crippen MR) is 78.8 cm³/mol. The van der Waals surface area contributed by atoms with Crippen LogP contribution in [0.3, 0.4) is 0 Å². The third kappa shape index (κ3) is 2.56. The first-order valence-corrected chi connectivity index (χ1v) is 7.06. The maximum atomic E-state index is 12.5. The molecule has 1 N–H and O–H groups in total. The Hall–Kier alpha value is -2.14. The molecule has 110 valence electrons. The van der Waals surface area contributed by atoms with Crippen LogP contribution in [0, 0.1) is 13.8 Å². The number of aryl methyl sites for hydroxylation is 2. The molecule has 5 heteroatoms. The van der Waals surface area contributed by atoms with E-state index in [0.29, 0.717) is 6.54 Å². The van der Waals surface area contributed by atoms with Gasteiger partial charge in [0.2, 0.25) is 0 Å². The van der Waals surface area contributed by atoms with Gasteiger partial charge in [0.1, 0.15) is 5.76 Å². The van der Waals surface area contributed by atoms with E-state index in [9.17, 15) is 4.79 Å². The molecular weight excluding hydrogens is 266 g/mol. The Bertz CT molecular complexity index is 671. The summed E-state index contributed by atoms with van der Waals surface area (Å²) in [5, 5.41) is 7.22. The molecule has 1 aromatic heterocycles. The van der Waals surface area contributed by atoms with Gasteiger partial charge in [-0.2, -0.15) is 0 Å². The van der Waals surface area contributed by atoms with Crippen LogP contribution in [0.2, 0.25) is 0 Å². The second-order valence-electron chi connectivity index (χ2n) is 5.55. The van der Waals surface area contributed by atoms with Crippen LogP contribution >= 0.6 is 0 Å². The van der Waals surface area contributed by atoms with Crippen LogP contribution in [0.25, 0.3) is 0 Å². The van der Waals surface area contributed by atoms with Crippen LogP contribution < -0.4 is 5.32 Å². The smallest absolute Gasteiger partial charge is 0.253 e. The molecule has 0 aliphatic carbocycles. The van der Waals surface area contributed by atoms with Crippen LogP contribution in [0.4, 0.5) is 0 Å². The predicted octanol–water partition coefficient (Wildman–Crippen LogP) is 2.17. The molecule has 0 bridgehead atoms. The van der Waals surface area contributed by atoms with Crippen molar-refractivity contribution in [3.8, 4) is 0 Å². The molecule has 1 aromatic carbocycles. The molecule has 2 heterocycles. The van der Waals surface area contributed by atoms with Gasteiger partial charge in [0.15, 0.2) is 0 Å². The minimum Gasteiger partial charge on any atom is -0.361 e. The van der Waals surface area contributed by atoms with Crippen molar-refractivity contribution in [1.29, 1.82) is 0 Å². The summed E-state index contributed by atoms with van der Waals surface area (Å²) < 4.78 is 5.15. The maximum Gasteiger partial charge on any atom is 0.253 e. The number of amides is 1. The number of hydrogen-bond acceptors (Lipinski definition) is 4. The van der Waals surface area contributed by atoms with Gasteiger partial charge in [-0.05, 0) is 37.1 Å². The molecule has 0 radical (unpaired) electrons. The lowest BCUT2D eigenvalue weighted by atomic mass is 10.1. The van der Waals surface area contributed by atoms with Gasteiger partial charge in [0.05, 0.1) is 12.2 Å². The molecule has 0 unspecified atom stereocenters. The van der Waals surface area contributed by atoms with Gasteiger partial charge >= 0.3 is 0 Å². The molecule has 2 aromatic rings. The lowest BCUT2D eigenvalue weighted by Crippen LogP contribution is -2.26. The second-order valence-corrected chi connectivity index (χ2v) is 5.55. The minimum absolute atomic E-state index is 0.0182. The lowest BCUT2D eigenvalue weighted by molar-refractivity contribution is 0.0784. The highest BCUT2D eigenvalue weighted by molar-refractivity contribution is 5.94. The minimum atomic E-state index is 0.0182. The van der Waals surface area contributed by atoms with E-state index < -0.39 is 0 Å². The van der Waals surface area contributed by atoms with E-state index in [1.54, 1.807) is 11.9 Å². The molecule has 21 heavy (non-hydrogen) atoms. The maximum absolute atomic E-state index is 12.5. The molecule has 1 aliphatic rings. The number of carbonyl (C=O) groups is 1. The fraction of sp³-hybridized carbons (Fsp3) is 0.375. The zero-order chi connectivity index (χ0) is 15.0. The van der Waals surface area contributed by atoms with E-state index in [-0.39, 0.29) is 5.91 Å². The number of hydrogen-bond donors (Lipinski definition) is 1. The van der Waals surface area contributed by atoms with E-state index in [0.717, 1.165) is 35.7 Å². The fourth-order valence-electron chi connectivity index (χ4n) is 2.68. The highest BCUT2D eigenvalue weighted by Crippen LogP contribution is 2.19. The molecule has 3 rings (SSSR count). The van der Waals surface area contributed by atoms with Crippen molar-refractivity contribution in [3.63, 3.8) is 0 Å². The summed E-state index contributed by atoms with van der Waals surface area (Å²) in [4.78, 5) is 14.3. The van der Waals surface area contributed by atoms with Crippen molar-refractivity contribution in [2.24, 2.45) is 0 Å². The third-order valence-electron chi connectivity index (χ3n) is 4.01. The first kappa shape index (κ1) is 13.8. The average molecular weight is 285 g/mol. The van der Waals surface area contributed by atoms with Crippen molar-refractivity contribution in [3.05, 3.63) is 51.9 Å². The van der Waals surface area contributed by atoms with Gasteiger partial charge in [-0.3, -0.25) is 4.79 Å². The van der Waals surface area contributed by atoms with Crippen molar-refractivity contribution in [1.82, 2.24) is 15.4 Å². The number of nitrogens with zero attached hydrogens (tertiary/aromatic N) is 2. The first-order valence-electron chi connectivity index (χ1n) is 7.06. The van der Waals surface area contributed by atoms with Gasteiger partial charge in [0, 0.05) is 31.3 Å². The Labute approximate surface area is 123 Å². The highest BCUT2D eigenvalue weighted by atomic mass is 16.5. The summed E-state index contributed by atoms with van der Waals surface area (Å²) in [6.45, 7) is 6.00. The zero-order valence-corrected chi connectivity index (χ0v) is 12.6. The number of nitrogens with one attached hydrogen (secondary N) is 1. The molecule has 0 saturated heterocycles. The Balaban J connectivity index is 1.78. The average Bonchev–Trinajstić information content (AvgIpc) is 3.07. The van der Waals surface area contributed by atoms with Crippen molar-refractivity contribution < 1.29 is 9.32 Å². The SMILES string of the molecule is Cc1noc(C)c1CN(C)C(=O)c1ccc2c(c1)CNC2.